The second kappa shape index (κ2) is 8.26. The molecule has 160 valence electrons. The summed E-state index contributed by atoms with van der Waals surface area (Å²) in [6.07, 6.45) is 9.33. The summed E-state index contributed by atoms with van der Waals surface area (Å²) in [7, 11) is 0. The molecule has 1 aliphatic rings. The second-order valence-corrected chi connectivity index (χ2v) is 9.19. The zero-order valence-electron chi connectivity index (χ0n) is 17.6. The lowest BCUT2D eigenvalue weighted by Crippen LogP contribution is -2.28. The number of hydrogen-bond donors (Lipinski definition) is 1. The largest absolute Gasteiger partial charge is 0.365 e. The highest BCUT2D eigenvalue weighted by Gasteiger charge is 2.22. The van der Waals surface area contributed by atoms with Gasteiger partial charge in [-0.2, -0.15) is 4.98 Å². The molecule has 5 rings (SSSR count). The van der Waals surface area contributed by atoms with E-state index in [1.807, 2.05) is 24.3 Å². The van der Waals surface area contributed by atoms with Crippen molar-refractivity contribution in [1.82, 2.24) is 19.2 Å². The molecule has 1 amide bonds. The number of benzene rings is 1. The van der Waals surface area contributed by atoms with Crippen LogP contribution in [0, 0.1) is 0 Å². The third-order valence-corrected chi connectivity index (χ3v) is 7.11. The van der Waals surface area contributed by atoms with E-state index in [0.717, 1.165) is 54.4 Å². The number of thiophene rings is 1. The lowest BCUT2D eigenvalue weighted by Gasteiger charge is -2.10. The van der Waals surface area contributed by atoms with Crippen LogP contribution in [0.3, 0.4) is 0 Å². The molecule has 1 N–H and O–H groups in total. The smallest absolute Gasteiger partial charge is 0.324 e. The van der Waals surface area contributed by atoms with Crippen molar-refractivity contribution in [3.63, 3.8) is 0 Å². The molecule has 1 aromatic carbocycles. The van der Waals surface area contributed by atoms with Crippen molar-refractivity contribution in [3.05, 3.63) is 57.1 Å². The summed E-state index contributed by atoms with van der Waals surface area (Å²) in [4.78, 5) is 36.4. The molecule has 31 heavy (non-hydrogen) atoms. The number of hydrogen-bond acceptors (Lipinski definition) is 5. The summed E-state index contributed by atoms with van der Waals surface area (Å²) in [6, 6.07) is 7.88. The molecule has 4 aromatic rings. The fraction of sp³-hybridized carbons (Fsp3) is 0.391. The SMILES string of the molecule is CCCCc1ccc(NC(=O)Cn2c(=O)nc3c4c5c(sc4ncn32)CCCC5)cc1. The molecule has 0 saturated carbocycles. The summed E-state index contributed by atoms with van der Waals surface area (Å²) in [5.74, 6) is -0.266. The van der Waals surface area contributed by atoms with Gasteiger partial charge >= 0.3 is 5.69 Å². The lowest BCUT2D eigenvalue weighted by atomic mass is 9.97. The van der Waals surface area contributed by atoms with Crippen LogP contribution in [0.5, 0.6) is 0 Å². The van der Waals surface area contributed by atoms with Gasteiger partial charge in [0.2, 0.25) is 5.91 Å². The Labute approximate surface area is 183 Å². The standard InChI is InChI=1S/C23H25N5O2S/c1-2-3-6-15-9-11-16(12-10-15)25-19(29)13-27-23(30)26-21-20-17-7-4-5-8-18(17)31-22(20)24-14-28(21)27/h9-12,14H,2-8,13H2,1H3,(H,25,29). The number of nitrogens with one attached hydrogen (secondary N) is 1. The first-order chi connectivity index (χ1) is 15.1. The van der Waals surface area contributed by atoms with Gasteiger partial charge in [0.1, 0.15) is 17.7 Å². The van der Waals surface area contributed by atoms with Gasteiger partial charge in [-0.15, -0.1) is 11.3 Å². The number of carbonyl (C=O) groups excluding carboxylic acids is 1. The number of aromatic nitrogens is 4. The van der Waals surface area contributed by atoms with Gasteiger partial charge in [0.15, 0.2) is 5.65 Å². The summed E-state index contributed by atoms with van der Waals surface area (Å²) in [5, 5.41) is 3.85. The van der Waals surface area contributed by atoms with Gasteiger partial charge in [-0.05, 0) is 61.8 Å². The van der Waals surface area contributed by atoms with Gasteiger partial charge in [0.05, 0.1) is 5.39 Å². The van der Waals surface area contributed by atoms with E-state index in [1.165, 1.54) is 27.1 Å². The molecule has 0 aliphatic heterocycles. The number of fused-ring (bicyclic) bond motifs is 5. The molecule has 0 bridgehead atoms. The van der Waals surface area contributed by atoms with Gasteiger partial charge in [0.25, 0.3) is 0 Å². The highest BCUT2D eigenvalue weighted by atomic mass is 32.1. The third kappa shape index (κ3) is 3.76. The van der Waals surface area contributed by atoms with Crippen molar-refractivity contribution < 1.29 is 4.79 Å². The first kappa shape index (κ1) is 19.9. The average Bonchev–Trinajstić information content (AvgIpc) is 3.30. The van der Waals surface area contributed by atoms with E-state index in [1.54, 1.807) is 22.2 Å². The highest BCUT2D eigenvalue weighted by molar-refractivity contribution is 7.19. The fourth-order valence-electron chi connectivity index (χ4n) is 4.29. The molecule has 3 heterocycles. The van der Waals surface area contributed by atoms with Crippen LogP contribution in [0.2, 0.25) is 0 Å². The Morgan fingerprint density at radius 1 is 1.19 bits per heavy atom. The van der Waals surface area contributed by atoms with Crippen LogP contribution in [0.4, 0.5) is 5.69 Å². The monoisotopic (exact) mass is 435 g/mol. The van der Waals surface area contributed by atoms with Crippen LogP contribution in [0.1, 0.15) is 48.6 Å². The van der Waals surface area contributed by atoms with Gasteiger partial charge in [-0.1, -0.05) is 25.5 Å². The topological polar surface area (TPSA) is 81.3 Å². The molecule has 0 radical (unpaired) electrons. The van der Waals surface area contributed by atoms with Crippen LogP contribution in [0.15, 0.2) is 35.4 Å². The Kier molecular flexibility index (Phi) is 5.31. The maximum absolute atomic E-state index is 12.6. The molecule has 3 aromatic heterocycles. The third-order valence-electron chi connectivity index (χ3n) is 5.91. The fourth-order valence-corrected chi connectivity index (χ4v) is 5.51. The van der Waals surface area contributed by atoms with Crippen molar-refractivity contribution in [2.75, 3.05) is 5.32 Å². The normalized spacial score (nSPS) is 13.6. The summed E-state index contributed by atoms with van der Waals surface area (Å²) >= 11 is 1.70. The molecule has 0 saturated heterocycles. The van der Waals surface area contributed by atoms with Gasteiger partial charge < -0.3 is 5.32 Å². The van der Waals surface area contributed by atoms with E-state index in [4.69, 9.17) is 0 Å². The predicted molar refractivity (Wildman–Crippen MR) is 123 cm³/mol. The van der Waals surface area contributed by atoms with Crippen LogP contribution in [-0.4, -0.2) is 25.1 Å². The van der Waals surface area contributed by atoms with Crippen molar-refractivity contribution in [2.45, 2.75) is 58.4 Å². The van der Waals surface area contributed by atoms with E-state index in [-0.39, 0.29) is 12.5 Å². The Hall–Kier alpha value is -3.00. The number of aryl methyl sites for hydroxylation is 3. The van der Waals surface area contributed by atoms with E-state index in [9.17, 15) is 9.59 Å². The number of unbranched alkanes of at least 4 members (excludes halogenated alkanes) is 1. The number of amides is 1. The number of nitrogens with zero attached hydrogens (tertiary/aromatic N) is 4. The Morgan fingerprint density at radius 3 is 2.81 bits per heavy atom. The van der Waals surface area contributed by atoms with Crippen molar-refractivity contribution in [1.29, 1.82) is 0 Å². The molecule has 0 fully saturated rings. The van der Waals surface area contributed by atoms with Crippen molar-refractivity contribution in [3.8, 4) is 0 Å². The first-order valence-corrected chi connectivity index (χ1v) is 11.7. The van der Waals surface area contributed by atoms with Gasteiger partial charge in [-0.25, -0.2) is 19.0 Å². The van der Waals surface area contributed by atoms with E-state index < -0.39 is 5.69 Å². The first-order valence-electron chi connectivity index (χ1n) is 10.9. The predicted octanol–water partition coefficient (Wildman–Crippen LogP) is 3.97. The summed E-state index contributed by atoms with van der Waals surface area (Å²) < 4.78 is 2.97. The zero-order valence-corrected chi connectivity index (χ0v) is 18.4. The van der Waals surface area contributed by atoms with Crippen LogP contribution >= 0.6 is 11.3 Å². The minimum Gasteiger partial charge on any atom is -0.324 e. The maximum Gasteiger partial charge on any atom is 0.365 e. The van der Waals surface area contributed by atoms with Gasteiger partial charge in [0, 0.05) is 10.6 Å². The van der Waals surface area contributed by atoms with Crippen LogP contribution in [-0.2, 0) is 30.6 Å². The van der Waals surface area contributed by atoms with Crippen LogP contribution < -0.4 is 11.0 Å². The number of rotatable bonds is 6. The average molecular weight is 436 g/mol. The number of anilines is 1. The molecule has 0 unspecified atom stereocenters. The molecular formula is C23H25N5O2S. The molecule has 0 atom stereocenters. The molecule has 1 aliphatic carbocycles. The Bertz CT molecular complexity index is 1320. The maximum atomic E-state index is 12.6. The lowest BCUT2D eigenvalue weighted by molar-refractivity contribution is -0.117. The summed E-state index contributed by atoms with van der Waals surface area (Å²) in [6.45, 7) is 2.06. The van der Waals surface area contributed by atoms with E-state index >= 15 is 0 Å². The summed E-state index contributed by atoms with van der Waals surface area (Å²) in [5.41, 5.74) is 3.42. The Morgan fingerprint density at radius 2 is 2.00 bits per heavy atom. The van der Waals surface area contributed by atoms with Gasteiger partial charge in [-0.3, -0.25) is 4.79 Å². The molecular weight excluding hydrogens is 410 g/mol. The van der Waals surface area contributed by atoms with Crippen molar-refractivity contribution >= 4 is 38.8 Å². The molecule has 0 spiro atoms. The molecule has 8 heteroatoms. The Balaban J connectivity index is 1.40. The molecule has 7 nitrogen and oxygen atoms in total. The zero-order chi connectivity index (χ0) is 21.4. The number of carbonyl (C=O) groups is 1. The van der Waals surface area contributed by atoms with Crippen LogP contribution in [0.25, 0.3) is 15.9 Å². The minimum atomic E-state index is -0.435. The van der Waals surface area contributed by atoms with Crippen molar-refractivity contribution in [2.24, 2.45) is 0 Å². The van der Waals surface area contributed by atoms with E-state index in [0.29, 0.717) is 5.65 Å². The highest BCUT2D eigenvalue weighted by Crippen LogP contribution is 2.36. The quantitative estimate of drug-likeness (QED) is 0.497. The second-order valence-electron chi connectivity index (χ2n) is 8.10. The minimum absolute atomic E-state index is 0.114. The van der Waals surface area contributed by atoms with E-state index in [2.05, 4.69) is 22.2 Å².